The molecule has 1 fully saturated rings. The summed E-state index contributed by atoms with van der Waals surface area (Å²) in [6, 6.07) is 4.78. The number of likely N-dealkylation sites (N-methyl/N-ethyl adjacent to an activating group) is 1. The molecule has 0 atom stereocenters. The lowest BCUT2D eigenvalue weighted by atomic mass is 10.1. The monoisotopic (exact) mass is 291 g/mol. The van der Waals surface area contributed by atoms with Crippen LogP contribution in [0.3, 0.4) is 0 Å². The highest BCUT2D eigenvalue weighted by Gasteiger charge is 2.18. The maximum absolute atomic E-state index is 14.0. The SMILES string of the molecule is Cc1cc(N2CCCN(C)CC2)c2ccc(F)c(F)c2n1. The van der Waals surface area contributed by atoms with Crippen molar-refractivity contribution in [3.63, 3.8) is 0 Å². The Morgan fingerprint density at radius 2 is 1.90 bits per heavy atom. The van der Waals surface area contributed by atoms with Crippen LogP contribution >= 0.6 is 0 Å². The molecule has 2 aromatic rings. The number of pyridine rings is 1. The third-order valence-corrected chi connectivity index (χ3v) is 4.04. The lowest BCUT2D eigenvalue weighted by Gasteiger charge is -2.24. The highest BCUT2D eigenvalue weighted by atomic mass is 19.2. The van der Waals surface area contributed by atoms with Crippen molar-refractivity contribution < 1.29 is 8.78 Å². The Morgan fingerprint density at radius 1 is 1.10 bits per heavy atom. The van der Waals surface area contributed by atoms with Gasteiger partial charge >= 0.3 is 0 Å². The van der Waals surface area contributed by atoms with E-state index in [2.05, 4.69) is 21.8 Å². The molecular weight excluding hydrogens is 272 g/mol. The number of aromatic nitrogens is 1. The Hall–Kier alpha value is -1.75. The highest BCUT2D eigenvalue weighted by Crippen LogP contribution is 2.30. The van der Waals surface area contributed by atoms with Crippen LogP contribution in [0.25, 0.3) is 10.9 Å². The summed E-state index contributed by atoms with van der Waals surface area (Å²) < 4.78 is 27.4. The quantitative estimate of drug-likeness (QED) is 0.805. The number of hydrogen-bond donors (Lipinski definition) is 0. The van der Waals surface area contributed by atoms with Crippen LogP contribution in [0.1, 0.15) is 12.1 Å². The molecule has 3 rings (SSSR count). The van der Waals surface area contributed by atoms with Crippen LogP contribution in [0.5, 0.6) is 0 Å². The van der Waals surface area contributed by atoms with Gasteiger partial charge in [0, 0.05) is 36.4 Å². The van der Waals surface area contributed by atoms with Crippen LogP contribution in [-0.2, 0) is 0 Å². The van der Waals surface area contributed by atoms with Gasteiger partial charge in [-0.25, -0.2) is 13.8 Å². The van der Waals surface area contributed by atoms with Crippen LogP contribution in [0, 0.1) is 18.6 Å². The smallest absolute Gasteiger partial charge is 0.185 e. The van der Waals surface area contributed by atoms with Crippen molar-refractivity contribution in [3.05, 3.63) is 35.5 Å². The lowest BCUT2D eigenvalue weighted by Crippen LogP contribution is -2.29. The molecule has 0 aliphatic carbocycles. The van der Waals surface area contributed by atoms with Crippen molar-refractivity contribution in [1.29, 1.82) is 0 Å². The summed E-state index contributed by atoms with van der Waals surface area (Å²) in [5.41, 5.74) is 1.79. The first-order valence-corrected chi connectivity index (χ1v) is 7.25. The molecule has 0 radical (unpaired) electrons. The summed E-state index contributed by atoms with van der Waals surface area (Å²) in [7, 11) is 2.11. The first-order valence-electron chi connectivity index (χ1n) is 7.25. The molecule has 1 aromatic heterocycles. The molecule has 2 heterocycles. The molecule has 1 aliphatic rings. The lowest BCUT2D eigenvalue weighted by molar-refractivity contribution is 0.360. The van der Waals surface area contributed by atoms with Gasteiger partial charge < -0.3 is 9.80 Å². The molecular formula is C16H19F2N3. The Labute approximate surface area is 123 Å². The summed E-state index contributed by atoms with van der Waals surface area (Å²) in [6.07, 6.45) is 1.06. The van der Waals surface area contributed by atoms with Crippen molar-refractivity contribution in [2.75, 3.05) is 38.1 Å². The summed E-state index contributed by atoms with van der Waals surface area (Å²) in [5, 5.41) is 0.684. The van der Waals surface area contributed by atoms with E-state index < -0.39 is 11.6 Å². The molecule has 3 nitrogen and oxygen atoms in total. The maximum atomic E-state index is 14.0. The normalized spacial score (nSPS) is 17.2. The molecule has 0 amide bonds. The number of benzene rings is 1. The van der Waals surface area contributed by atoms with Gasteiger partial charge in [0.25, 0.3) is 0 Å². The van der Waals surface area contributed by atoms with Gasteiger partial charge in [-0.05, 0) is 45.1 Å². The summed E-state index contributed by atoms with van der Waals surface area (Å²) in [6.45, 7) is 5.64. The molecule has 1 saturated heterocycles. The second kappa shape index (κ2) is 5.56. The van der Waals surface area contributed by atoms with Gasteiger partial charge in [0.2, 0.25) is 0 Å². The zero-order valence-corrected chi connectivity index (χ0v) is 12.4. The van der Waals surface area contributed by atoms with Crippen molar-refractivity contribution in [3.8, 4) is 0 Å². The third kappa shape index (κ3) is 2.70. The van der Waals surface area contributed by atoms with Crippen LogP contribution in [0.4, 0.5) is 14.5 Å². The highest BCUT2D eigenvalue weighted by molar-refractivity contribution is 5.92. The van der Waals surface area contributed by atoms with Gasteiger partial charge in [-0.15, -0.1) is 0 Å². The molecule has 0 saturated carbocycles. The van der Waals surface area contributed by atoms with Crippen molar-refractivity contribution >= 4 is 16.6 Å². The van der Waals surface area contributed by atoms with E-state index in [9.17, 15) is 8.78 Å². The molecule has 112 valence electrons. The fourth-order valence-electron chi connectivity index (χ4n) is 2.89. The minimum absolute atomic E-state index is 0.127. The molecule has 5 heteroatoms. The first kappa shape index (κ1) is 14.2. The molecule has 0 N–H and O–H groups in total. The standard InChI is InChI=1S/C16H19F2N3/c1-11-10-14(21-7-3-6-20(2)8-9-21)12-4-5-13(17)15(18)16(12)19-11/h4-5,10H,3,6-9H2,1-2H3. The minimum atomic E-state index is -0.857. The van der Waals surface area contributed by atoms with Crippen molar-refractivity contribution in [2.45, 2.75) is 13.3 Å². The van der Waals surface area contributed by atoms with E-state index in [1.807, 2.05) is 13.0 Å². The van der Waals surface area contributed by atoms with Gasteiger partial charge in [0.05, 0.1) is 0 Å². The molecule has 0 unspecified atom stereocenters. The first-order chi connectivity index (χ1) is 10.1. The Bertz CT molecular complexity index is 672. The zero-order chi connectivity index (χ0) is 15.0. The fraction of sp³-hybridized carbons (Fsp3) is 0.438. The van der Waals surface area contributed by atoms with E-state index in [0.717, 1.165) is 38.3 Å². The second-order valence-electron chi connectivity index (χ2n) is 5.68. The van der Waals surface area contributed by atoms with E-state index >= 15 is 0 Å². The number of rotatable bonds is 1. The number of nitrogens with zero attached hydrogens (tertiary/aromatic N) is 3. The molecule has 1 aliphatic heterocycles. The van der Waals surface area contributed by atoms with Crippen LogP contribution in [0.15, 0.2) is 18.2 Å². The molecule has 0 bridgehead atoms. The number of halogens is 2. The zero-order valence-electron chi connectivity index (χ0n) is 12.4. The largest absolute Gasteiger partial charge is 0.370 e. The summed E-state index contributed by atoms with van der Waals surface area (Å²) in [5.74, 6) is -1.70. The van der Waals surface area contributed by atoms with Crippen LogP contribution in [-0.4, -0.2) is 43.1 Å². The van der Waals surface area contributed by atoms with Crippen LogP contribution < -0.4 is 4.90 Å². The third-order valence-electron chi connectivity index (χ3n) is 4.04. The average Bonchev–Trinajstić information content (AvgIpc) is 2.67. The van der Waals surface area contributed by atoms with Crippen LogP contribution in [0.2, 0.25) is 0 Å². The predicted octanol–water partition coefficient (Wildman–Crippen LogP) is 2.96. The second-order valence-corrected chi connectivity index (χ2v) is 5.68. The van der Waals surface area contributed by atoms with E-state index in [1.165, 1.54) is 6.07 Å². The van der Waals surface area contributed by atoms with E-state index in [0.29, 0.717) is 11.1 Å². The predicted molar refractivity (Wildman–Crippen MR) is 80.7 cm³/mol. The van der Waals surface area contributed by atoms with Gasteiger partial charge in [-0.1, -0.05) is 0 Å². The number of fused-ring (bicyclic) bond motifs is 1. The summed E-state index contributed by atoms with van der Waals surface area (Å²) >= 11 is 0. The number of anilines is 1. The Morgan fingerprint density at radius 3 is 2.71 bits per heavy atom. The van der Waals surface area contributed by atoms with E-state index in [4.69, 9.17) is 0 Å². The minimum Gasteiger partial charge on any atom is -0.370 e. The summed E-state index contributed by atoms with van der Waals surface area (Å²) in [4.78, 5) is 8.71. The number of hydrogen-bond acceptors (Lipinski definition) is 3. The fourth-order valence-corrected chi connectivity index (χ4v) is 2.89. The number of aryl methyl sites for hydroxylation is 1. The van der Waals surface area contributed by atoms with Gasteiger partial charge in [-0.2, -0.15) is 0 Å². The van der Waals surface area contributed by atoms with Crippen molar-refractivity contribution in [2.24, 2.45) is 0 Å². The average molecular weight is 291 g/mol. The Balaban J connectivity index is 2.11. The van der Waals surface area contributed by atoms with Gasteiger partial charge in [0.1, 0.15) is 5.52 Å². The maximum Gasteiger partial charge on any atom is 0.185 e. The Kier molecular flexibility index (Phi) is 3.76. The van der Waals surface area contributed by atoms with E-state index in [1.54, 1.807) is 6.07 Å². The van der Waals surface area contributed by atoms with E-state index in [-0.39, 0.29) is 5.52 Å². The molecule has 0 spiro atoms. The topological polar surface area (TPSA) is 19.4 Å². The van der Waals surface area contributed by atoms with Crippen molar-refractivity contribution in [1.82, 2.24) is 9.88 Å². The van der Waals surface area contributed by atoms with Gasteiger partial charge in [0.15, 0.2) is 11.6 Å². The van der Waals surface area contributed by atoms with Gasteiger partial charge in [-0.3, -0.25) is 0 Å². The molecule has 1 aromatic carbocycles. The molecule has 21 heavy (non-hydrogen) atoms.